The van der Waals surface area contributed by atoms with E-state index in [4.69, 9.17) is 13.9 Å². The molecule has 0 amide bonds. The van der Waals surface area contributed by atoms with E-state index in [1.165, 1.54) is 26.2 Å². The molecule has 0 aliphatic carbocycles. The Labute approximate surface area is 125 Å². The monoisotopic (exact) mass is 296 g/mol. The molecular weight excluding hydrogens is 272 g/mol. The van der Waals surface area contributed by atoms with Crippen LogP contribution in [0.4, 0.5) is 0 Å². The van der Waals surface area contributed by atoms with Crippen LogP contribution in [-0.4, -0.2) is 57.4 Å². The lowest BCUT2D eigenvalue weighted by Gasteiger charge is -2.25. The largest absolute Gasteiger partial charge is 0.463 e. The number of esters is 1. The molecule has 6 heteroatoms. The van der Waals surface area contributed by atoms with Gasteiger partial charge >= 0.3 is 5.97 Å². The van der Waals surface area contributed by atoms with Crippen molar-refractivity contribution in [2.75, 3.05) is 40.5 Å². The highest BCUT2D eigenvalue weighted by molar-refractivity contribution is 5.87. The van der Waals surface area contributed by atoms with Crippen LogP contribution in [0.3, 0.4) is 0 Å². The van der Waals surface area contributed by atoms with Crippen LogP contribution >= 0.6 is 0 Å². The van der Waals surface area contributed by atoms with Crippen LogP contribution < -0.4 is 5.32 Å². The maximum atomic E-state index is 11.7. The van der Waals surface area contributed by atoms with Gasteiger partial charge in [0.05, 0.1) is 20.0 Å². The third-order valence-corrected chi connectivity index (χ3v) is 3.76. The smallest absolute Gasteiger partial charge is 0.374 e. The molecule has 0 bridgehead atoms. The highest BCUT2D eigenvalue weighted by Crippen LogP contribution is 2.16. The first-order chi connectivity index (χ1) is 10.2. The number of carbonyl (C=O) groups is 1. The minimum atomic E-state index is -0.430. The van der Waals surface area contributed by atoms with Crippen molar-refractivity contribution in [2.45, 2.75) is 25.4 Å². The Kier molecular flexibility index (Phi) is 6.22. The Morgan fingerprint density at radius 3 is 3.05 bits per heavy atom. The van der Waals surface area contributed by atoms with E-state index in [9.17, 15) is 4.79 Å². The fraction of sp³-hybridized carbons (Fsp3) is 0.667. The average molecular weight is 296 g/mol. The third kappa shape index (κ3) is 4.56. The van der Waals surface area contributed by atoms with E-state index in [2.05, 4.69) is 10.2 Å². The number of nitrogens with zero attached hydrogens (tertiary/aromatic N) is 1. The van der Waals surface area contributed by atoms with Gasteiger partial charge in [-0.15, -0.1) is 0 Å². The first-order valence-electron chi connectivity index (χ1n) is 7.34. The minimum Gasteiger partial charge on any atom is -0.463 e. The number of ether oxygens (including phenoxy) is 2. The molecule has 1 saturated heterocycles. The first kappa shape index (κ1) is 16.0. The van der Waals surface area contributed by atoms with Crippen molar-refractivity contribution in [3.05, 3.63) is 23.7 Å². The Hall–Kier alpha value is -1.37. The molecule has 1 aromatic rings. The van der Waals surface area contributed by atoms with Crippen LogP contribution in [0.1, 0.15) is 29.0 Å². The van der Waals surface area contributed by atoms with E-state index < -0.39 is 5.97 Å². The summed E-state index contributed by atoms with van der Waals surface area (Å²) in [6, 6.07) is 2.34. The highest BCUT2D eigenvalue weighted by atomic mass is 16.5. The van der Waals surface area contributed by atoms with E-state index in [1.807, 2.05) is 6.07 Å². The van der Waals surface area contributed by atoms with Gasteiger partial charge < -0.3 is 19.2 Å². The molecule has 1 fully saturated rings. The van der Waals surface area contributed by atoms with Gasteiger partial charge in [-0.3, -0.25) is 4.90 Å². The summed E-state index contributed by atoms with van der Waals surface area (Å²) in [5.41, 5.74) is 0.857. The Balaban J connectivity index is 1.99. The highest BCUT2D eigenvalue weighted by Gasteiger charge is 2.21. The quantitative estimate of drug-likeness (QED) is 0.729. The number of hydrogen-bond donors (Lipinski definition) is 1. The molecule has 21 heavy (non-hydrogen) atoms. The molecule has 1 aromatic heterocycles. The van der Waals surface area contributed by atoms with Gasteiger partial charge in [-0.25, -0.2) is 4.79 Å². The standard InChI is InChI=1S/C15H24N2O4/c1-19-9-7-17(11-13-4-3-6-16-13)10-12-5-8-21-14(12)15(18)20-2/h5,8,13,16H,3-4,6-7,9-11H2,1-2H3. The normalized spacial score (nSPS) is 18.3. The zero-order valence-corrected chi connectivity index (χ0v) is 12.8. The van der Waals surface area contributed by atoms with E-state index >= 15 is 0 Å². The fourth-order valence-electron chi connectivity index (χ4n) is 2.65. The predicted molar refractivity (Wildman–Crippen MR) is 78.2 cm³/mol. The molecule has 118 valence electrons. The topological polar surface area (TPSA) is 63.9 Å². The van der Waals surface area contributed by atoms with Gasteiger partial charge in [-0.05, 0) is 25.5 Å². The van der Waals surface area contributed by atoms with Crippen molar-refractivity contribution in [3.63, 3.8) is 0 Å². The number of carbonyl (C=O) groups excluding carboxylic acids is 1. The summed E-state index contributed by atoms with van der Waals surface area (Å²) in [5.74, 6) is -0.139. The van der Waals surface area contributed by atoms with Gasteiger partial charge in [0, 0.05) is 38.3 Å². The number of nitrogens with one attached hydrogen (secondary N) is 1. The van der Waals surface area contributed by atoms with Gasteiger partial charge in [0.2, 0.25) is 5.76 Å². The van der Waals surface area contributed by atoms with Crippen molar-refractivity contribution in [1.29, 1.82) is 0 Å². The summed E-state index contributed by atoms with van der Waals surface area (Å²) in [6.07, 6.45) is 3.95. The molecule has 6 nitrogen and oxygen atoms in total. The number of furan rings is 1. The zero-order valence-electron chi connectivity index (χ0n) is 12.8. The number of rotatable bonds is 8. The number of hydrogen-bond acceptors (Lipinski definition) is 6. The summed E-state index contributed by atoms with van der Waals surface area (Å²) in [6.45, 7) is 4.16. The zero-order chi connectivity index (χ0) is 15.1. The molecule has 1 aliphatic rings. The molecule has 0 aromatic carbocycles. The van der Waals surface area contributed by atoms with Crippen LogP contribution in [0, 0.1) is 0 Å². The molecule has 1 N–H and O–H groups in total. The van der Waals surface area contributed by atoms with Crippen molar-refractivity contribution in [2.24, 2.45) is 0 Å². The SMILES string of the molecule is COCCN(Cc1ccoc1C(=O)OC)CC1CCCN1. The molecule has 0 saturated carbocycles. The molecule has 0 radical (unpaired) electrons. The van der Waals surface area contributed by atoms with Gasteiger partial charge in [-0.1, -0.05) is 0 Å². The van der Waals surface area contributed by atoms with Crippen molar-refractivity contribution in [1.82, 2.24) is 10.2 Å². The molecule has 1 unspecified atom stereocenters. The van der Waals surface area contributed by atoms with E-state index in [0.29, 0.717) is 25.0 Å². The molecule has 1 aliphatic heterocycles. The summed E-state index contributed by atoms with van der Waals surface area (Å²) in [7, 11) is 3.06. The molecular formula is C15H24N2O4. The van der Waals surface area contributed by atoms with Crippen molar-refractivity contribution < 1.29 is 18.7 Å². The third-order valence-electron chi connectivity index (χ3n) is 3.76. The lowest BCUT2D eigenvalue weighted by molar-refractivity contribution is 0.0561. The Morgan fingerprint density at radius 2 is 2.38 bits per heavy atom. The minimum absolute atomic E-state index is 0.291. The summed E-state index contributed by atoms with van der Waals surface area (Å²) < 4.78 is 15.2. The molecule has 0 spiro atoms. The van der Waals surface area contributed by atoms with Crippen LogP contribution in [0.15, 0.2) is 16.7 Å². The second kappa shape index (κ2) is 8.17. The van der Waals surface area contributed by atoms with Gasteiger partial charge in [0.15, 0.2) is 0 Å². The van der Waals surface area contributed by atoms with E-state index in [1.54, 1.807) is 7.11 Å². The van der Waals surface area contributed by atoms with E-state index in [-0.39, 0.29) is 0 Å². The lowest BCUT2D eigenvalue weighted by atomic mass is 10.2. The summed E-state index contributed by atoms with van der Waals surface area (Å²) >= 11 is 0. The van der Waals surface area contributed by atoms with Gasteiger partial charge in [-0.2, -0.15) is 0 Å². The summed E-state index contributed by atoms with van der Waals surface area (Å²) in [5, 5.41) is 3.49. The van der Waals surface area contributed by atoms with Crippen molar-refractivity contribution >= 4 is 5.97 Å². The van der Waals surface area contributed by atoms with Crippen LogP contribution in [0.5, 0.6) is 0 Å². The Morgan fingerprint density at radius 1 is 1.52 bits per heavy atom. The van der Waals surface area contributed by atoms with Gasteiger partial charge in [0.25, 0.3) is 0 Å². The van der Waals surface area contributed by atoms with E-state index in [0.717, 1.165) is 25.2 Å². The van der Waals surface area contributed by atoms with Crippen LogP contribution in [-0.2, 0) is 16.0 Å². The van der Waals surface area contributed by atoms with Crippen molar-refractivity contribution in [3.8, 4) is 0 Å². The second-order valence-electron chi connectivity index (χ2n) is 5.29. The first-order valence-corrected chi connectivity index (χ1v) is 7.34. The summed E-state index contributed by atoms with van der Waals surface area (Å²) in [4.78, 5) is 13.9. The maximum absolute atomic E-state index is 11.7. The Bertz CT molecular complexity index is 441. The second-order valence-corrected chi connectivity index (χ2v) is 5.29. The van der Waals surface area contributed by atoms with Gasteiger partial charge in [0.1, 0.15) is 0 Å². The fourth-order valence-corrected chi connectivity index (χ4v) is 2.65. The predicted octanol–water partition coefficient (Wildman–Crippen LogP) is 1.27. The maximum Gasteiger partial charge on any atom is 0.374 e. The number of methoxy groups -OCH3 is 2. The van der Waals surface area contributed by atoms with Crippen LogP contribution in [0.2, 0.25) is 0 Å². The molecule has 2 heterocycles. The lowest BCUT2D eigenvalue weighted by Crippen LogP contribution is -2.39. The molecule has 1 atom stereocenters. The molecule has 2 rings (SSSR count). The van der Waals surface area contributed by atoms with Crippen LogP contribution in [0.25, 0.3) is 0 Å². The average Bonchev–Trinajstić information content (AvgIpc) is 3.15.